The number of rotatable bonds is 8. The van der Waals surface area contributed by atoms with Crippen molar-refractivity contribution in [2.24, 2.45) is 5.73 Å². The van der Waals surface area contributed by atoms with Crippen molar-refractivity contribution in [2.75, 3.05) is 5.32 Å². The van der Waals surface area contributed by atoms with Crippen LogP contribution in [-0.4, -0.2) is 36.7 Å². The Balaban J connectivity index is 1.40. The lowest BCUT2D eigenvalue weighted by atomic mass is 10.1. The van der Waals surface area contributed by atoms with Crippen molar-refractivity contribution in [2.45, 2.75) is 13.2 Å². The number of alkyl halides is 2. The molecule has 0 unspecified atom stereocenters. The minimum atomic E-state index is -2.88. The van der Waals surface area contributed by atoms with Crippen molar-refractivity contribution in [3.05, 3.63) is 84.8 Å². The van der Waals surface area contributed by atoms with Crippen LogP contribution in [-0.2, 0) is 6.54 Å². The van der Waals surface area contributed by atoms with Gasteiger partial charge in [0.15, 0.2) is 11.6 Å². The van der Waals surface area contributed by atoms with Gasteiger partial charge in [-0.2, -0.15) is 13.9 Å². The predicted octanol–water partition coefficient (Wildman–Crippen LogP) is 4.79. The number of pyridine rings is 1. The van der Waals surface area contributed by atoms with Crippen molar-refractivity contribution in [1.82, 2.24) is 30.1 Å². The van der Waals surface area contributed by atoms with E-state index in [9.17, 15) is 8.78 Å². The highest BCUT2D eigenvalue weighted by Gasteiger charge is 2.13. The van der Waals surface area contributed by atoms with E-state index in [1.54, 1.807) is 30.7 Å². The van der Waals surface area contributed by atoms with Crippen LogP contribution in [0, 0.1) is 0 Å². The number of aromatic nitrogens is 6. The van der Waals surface area contributed by atoms with Crippen molar-refractivity contribution >= 4 is 11.6 Å². The van der Waals surface area contributed by atoms with Crippen molar-refractivity contribution < 1.29 is 13.5 Å². The number of nitrogens with one attached hydrogen (secondary N) is 2. The summed E-state index contributed by atoms with van der Waals surface area (Å²) in [4.78, 5) is 17.6. The summed E-state index contributed by atoms with van der Waals surface area (Å²) in [6, 6.07) is 17.3. The second-order valence-corrected chi connectivity index (χ2v) is 7.62. The highest BCUT2D eigenvalue weighted by Crippen LogP contribution is 2.28. The lowest BCUT2D eigenvalue weighted by molar-refractivity contribution is -0.0498. The lowest BCUT2D eigenvalue weighted by Gasteiger charge is -2.11. The molecule has 0 radical (unpaired) electrons. The molecule has 2 aromatic carbocycles. The highest BCUT2D eigenvalue weighted by molar-refractivity contribution is 5.70. The third kappa shape index (κ3) is 5.15. The first-order valence-electron chi connectivity index (χ1n) is 10.9. The van der Waals surface area contributed by atoms with Gasteiger partial charge in [0.2, 0.25) is 5.95 Å². The van der Waals surface area contributed by atoms with E-state index in [1.165, 1.54) is 12.1 Å². The zero-order valence-corrected chi connectivity index (χ0v) is 18.8. The molecule has 0 saturated carbocycles. The zero-order chi connectivity index (χ0) is 24.9. The minimum absolute atomic E-state index is 0.0661. The third-order valence-corrected chi connectivity index (χ3v) is 5.29. The molecule has 4 N–H and O–H groups in total. The average Bonchev–Trinajstić information content (AvgIpc) is 3.40. The van der Waals surface area contributed by atoms with Gasteiger partial charge in [0.25, 0.3) is 0 Å². The second kappa shape index (κ2) is 10.2. The van der Waals surface area contributed by atoms with E-state index in [1.807, 2.05) is 36.4 Å². The summed E-state index contributed by atoms with van der Waals surface area (Å²) in [6.07, 6.45) is 5.11. The summed E-state index contributed by atoms with van der Waals surface area (Å²) < 4.78 is 29.2. The Morgan fingerprint density at radius 1 is 0.944 bits per heavy atom. The molecule has 3 aromatic heterocycles. The first kappa shape index (κ1) is 23.0. The molecule has 0 atom stereocenters. The van der Waals surface area contributed by atoms with Crippen LogP contribution in [0.5, 0.6) is 5.75 Å². The topological polar surface area (TPSA) is 128 Å². The number of nitrogens with two attached hydrogens (primary N) is 1. The second-order valence-electron chi connectivity index (χ2n) is 7.62. The van der Waals surface area contributed by atoms with Crippen LogP contribution in [0.3, 0.4) is 0 Å². The van der Waals surface area contributed by atoms with Gasteiger partial charge in [-0.3, -0.25) is 10.1 Å². The number of hydrogen-bond donors (Lipinski definition) is 3. The number of nitrogens with zero attached hydrogens (tertiary/aromatic N) is 5. The molecular weight excluding hydrogens is 466 g/mol. The molecule has 0 aliphatic heterocycles. The maximum Gasteiger partial charge on any atom is 0.387 e. The molecule has 5 rings (SSSR count). The molecule has 0 fully saturated rings. The van der Waals surface area contributed by atoms with Crippen LogP contribution in [0.1, 0.15) is 5.56 Å². The fourth-order valence-electron chi connectivity index (χ4n) is 3.54. The van der Waals surface area contributed by atoms with Crippen molar-refractivity contribution in [3.63, 3.8) is 0 Å². The standard InChI is InChI=1S/C25H20F2N8O/c26-24(27)36-19-7-5-15(6-8-19)22-33-23(35-34-22)16-3-4-17(13-28)21(12-16)32-25-30-11-9-20(31-25)18-2-1-10-29-14-18/h1-12,14,24H,13,28H2,(H,30,31,32)(H,33,34,35). The molecule has 0 saturated heterocycles. The van der Waals surface area contributed by atoms with Gasteiger partial charge in [-0.1, -0.05) is 12.1 Å². The summed E-state index contributed by atoms with van der Waals surface area (Å²) in [5, 5.41) is 10.4. The highest BCUT2D eigenvalue weighted by atomic mass is 19.3. The summed E-state index contributed by atoms with van der Waals surface area (Å²) in [5.41, 5.74) is 10.5. The van der Waals surface area contributed by atoms with E-state index in [2.05, 4.69) is 40.2 Å². The van der Waals surface area contributed by atoms with E-state index < -0.39 is 6.61 Å². The van der Waals surface area contributed by atoms with Crippen LogP contribution in [0.2, 0.25) is 0 Å². The smallest absolute Gasteiger partial charge is 0.387 e. The van der Waals surface area contributed by atoms with Crippen LogP contribution < -0.4 is 15.8 Å². The number of benzene rings is 2. The molecule has 180 valence electrons. The number of H-pyrrole nitrogens is 1. The maximum absolute atomic E-state index is 12.4. The Bertz CT molecular complexity index is 1460. The maximum atomic E-state index is 12.4. The summed E-state index contributed by atoms with van der Waals surface area (Å²) >= 11 is 0. The number of ether oxygens (including phenoxy) is 1. The quantitative estimate of drug-likeness (QED) is 0.286. The molecule has 0 spiro atoms. The van der Waals surface area contributed by atoms with E-state index in [4.69, 9.17) is 5.73 Å². The molecule has 36 heavy (non-hydrogen) atoms. The fraction of sp³-hybridized carbons (Fsp3) is 0.0800. The Labute approximate surface area is 204 Å². The zero-order valence-electron chi connectivity index (χ0n) is 18.8. The number of aromatic amines is 1. The molecule has 5 aromatic rings. The molecule has 0 aliphatic rings. The number of halogens is 2. The van der Waals surface area contributed by atoms with Gasteiger partial charge in [0, 0.05) is 47.5 Å². The summed E-state index contributed by atoms with van der Waals surface area (Å²) in [6.45, 7) is -2.58. The van der Waals surface area contributed by atoms with Crippen LogP contribution >= 0.6 is 0 Å². The van der Waals surface area contributed by atoms with Gasteiger partial charge in [-0.15, -0.1) is 0 Å². The van der Waals surface area contributed by atoms with Crippen molar-refractivity contribution in [3.8, 4) is 39.8 Å². The lowest BCUT2D eigenvalue weighted by Crippen LogP contribution is -2.05. The first-order chi connectivity index (χ1) is 17.6. The van der Waals surface area contributed by atoms with E-state index in [0.717, 1.165) is 28.1 Å². The van der Waals surface area contributed by atoms with E-state index in [0.29, 0.717) is 29.7 Å². The fourth-order valence-corrected chi connectivity index (χ4v) is 3.54. The summed E-state index contributed by atoms with van der Waals surface area (Å²) in [5.74, 6) is 1.41. The van der Waals surface area contributed by atoms with Gasteiger partial charge in [0.1, 0.15) is 5.75 Å². The molecule has 0 amide bonds. The third-order valence-electron chi connectivity index (χ3n) is 5.29. The first-order valence-corrected chi connectivity index (χ1v) is 10.9. The number of anilines is 2. The Kier molecular flexibility index (Phi) is 6.54. The SMILES string of the molecule is NCc1ccc(-c2n[nH]c(-c3ccc(OC(F)F)cc3)n2)cc1Nc1nccc(-c2cccnc2)n1. The molecule has 0 aliphatic carbocycles. The average molecular weight is 486 g/mol. The van der Waals surface area contributed by atoms with Gasteiger partial charge in [-0.05, 0) is 54.1 Å². The van der Waals surface area contributed by atoms with Crippen LogP contribution in [0.4, 0.5) is 20.4 Å². The summed E-state index contributed by atoms with van der Waals surface area (Å²) in [7, 11) is 0. The molecule has 11 heteroatoms. The Morgan fingerprint density at radius 3 is 2.53 bits per heavy atom. The molecule has 9 nitrogen and oxygen atoms in total. The number of hydrogen-bond acceptors (Lipinski definition) is 8. The molecule has 3 heterocycles. The monoisotopic (exact) mass is 486 g/mol. The molecular formula is C25H20F2N8O. The van der Waals surface area contributed by atoms with Gasteiger partial charge in [0.05, 0.1) is 5.69 Å². The normalized spacial score (nSPS) is 11.0. The molecule has 0 bridgehead atoms. The predicted molar refractivity (Wildman–Crippen MR) is 130 cm³/mol. The largest absolute Gasteiger partial charge is 0.435 e. The minimum Gasteiger partial charge on any atom is -0.435 e. The van der Waals surface area contributed by atoms with Gasteiger partial charge in [-0.25, -0.2) is 15.0 Å². The van der Waals surface area contributed by atoms with Gasteiger partial charge < -0.3 is 15.8 Å². The Hall–Kier alpha value is -4.77. The van der Waals surface area contributed by atoms with E-state index >= 15 is 0 Å². The van der Waals surface area contributed by atoms with Crippen LogP contribution in [0.25, 0.3) is 34.0 Å². The van der Waals surface area contributed by atoms with Crippen molar-refractivity contribution in [1.29, 1.82) is 0 Å². The van der Waals surface area contributed by atoms with Crippen LogP contribution in [0.15, 0.2) is 79.3 Å². The Morgan fingerprint density at radius 2 is 1.78 bits per heavy atom. The van der Waals surface area contributed by atoms with Gasteiger partial charge >= 0.3 is 6.61 Å². The van der Waals surface area contributed by atoms with E-state index in [-0.39, 0.29) is 5.75 Å².